The Balaban J connectivity index is 2.04. The molecule has 1 aromatic carbocycles. The maximum absolute atomic E-state index is 12.2. The van der Waals surface area contributed by atoms with Gasteiger partial charge in [0.05, 0.1) is 12.8 Å². The first-order valence-electron chi connectivity index (χ1n) is 7.88. The minimum atomic E-state index is -3.42. The van der Waals surface area contributed by atoms with Crippen LogP contribution in [0.5, 0.6) is 0 Å². The fourth-order valence-electron chi connectivity index (χ4n) is 2.94. The fourth-order valence-corrected chi connectivity index (χ4v) is 4.17. The zero-order chi connectivity index (χ0) is 16.9. The van der Waals surface area contributed by atoms with Gasteiger partial charge in [-0.05, 0) is 37.1 Å². The van der Waals surface area contributed by atoms with Crippen LogP contribution in [-0.2, 0) is 14.8 Å². The van der Waals surface area contributed by atoms with E-state index in [4.69, 9.17) is 11.6 Å². The van der Waals surface area contributed by atoms with Crippen molar-refractivity contribution in [3.05, 3.63) is 29.3 Å². The Hall–Kier alpha value is -1.11. The van der Waals surface area contributed by atoms with Gasteiger partial charge in [-0.3, -0.25) is 4.79 Å². The number of carbonyl (C=O) groups excluding carboxylic acids is 1. The fraction of sp³-hybridized carbons (Fsp3) is 0.562. The molecule has 0 aliphatic heterocycles. The number of rotatable bonds is 5. The summed E-state index contributed by atoms with van der Waals surface area (Å²) in [7, 11) is -3.42. The summed E-state index contributed by atoms with van der Waals surface area (Å²) in [6.45, 7) is -0.147. The second-order valence-corrected chi connectivity index (χ2v) is 8.38. The summed E-state index contributed by atoms with van der Waals surface area (Å²) in [6.07, 6.45) is 7.09. The molecule has 1 aliphatic carbocycles. The Morgan fingerprint density at radius 1 is 1.17 bits per heavy atom. The van der Waals surface area contributed by atoms with Crippen LogP contribution in [0.25, 0.3) is 0 Å². The monoisotopic (exact) mass is 358 g/mol. The summed E-state index contributed by atoms with van der Waals surface area (Å²) in [6, 6.07) is 6.66. The largest absolute Gasteiger partial charge is 0.325 e. The van der Waals surface area contributed by atoms with Gasteiger partial charge in [0.2, 0.25) is 15.9 Å². The van der Waals surface area contributed by atoms with Gasteiger partial charge < -0.3 is 5.32 Å². The average molecular weight is 359 g/mol. The van der Waals surface area contributed by atoms with E-state index >= 15 is 0 Å². The molecule has 0 spiro atoms. The standard InChI is InChI=1S/C16H23ClN2O3S/c1-23(21,22)19(15-6-4-2-3-5-7-15)12-16(20)18-14-10-8-13(17)9-11-14/h8-11,15H,2-7,12H2,1H3,(H,18,20). The first kappa shape index (κ1) is 18.2. The number of nitrogens with one attached hydrogen (secondary N) is 1. The summed E-state index contributed by atoms with van der Waals surface area (Å²) < 4.78 is 25.6. The first-order chi connectivity index (χ1) is 10.9. The second-order valence-electron chi connectivity index (χ2n) is 6.01. The number of benzene rings is 1. The van der Waals surface area contributed by atoms with Crippen molar-refractivity contribution in [2.45, 2.75) is 44.6 Å². The van der Waals surface area contributed by atoms with Crippen molar-refractivity contribution in [2.75, 3.05) is 18.1 Å². The summed E-state index contributed by atoms with van der Waals surface area (Å²) in [5, 5.41) is 3.31. The molecule has 1 amide bonds. The van der Waals surface area contributed by atoms with Crippen LogP contribution in [0.3, 0.4) is 0 Å². The molecule has 0 radical (unpaired) electrons. The van der Waals surface area contributed by atoms with Crippen LogP contribution in [0.15, 0.2) is 24.3 Å². The normalized spacial score (nSPS) is 17.0. The molecule has 0 atom stereocenters. The van der Waals surface area contributed by atoms with Crippen molar-refractivity contribution in [1.82, 2.24) is 4.31 Å². The topological polar surface area (TPSA) is 66.5 Å². The van der Waals surface area contributed by atoms with Crippen LogP contribution in [0.1, 0.15) is 38.5 Å². The highest BCUT2D eigenvalue weighted by Crippen LogP contribution is 2.23. The van der Waals surface area contributed by atoms with Gasteiger partial charge in [0.1, 0.15) is 0 Å². The molecule has 0 aromatic heterocycles. The van der Waals surface area contributed by atoms with Crippen LogP contribution in [0.2, 0.25) is 5.02 Å². The quantitative estimate of drug-likeness (QED) is 0.821. The third-order valence-corrected chi connectivity index (χ3v) is 5.62. The Kier molecular flexibility index (Phi) is 6.44. The molecule has 2 rings (SSSR count). The Labute approximate surface area is 143 Å². The van der Waals surface area contributed by atoms with Crippen LogP contribution >= 0.6 is 11.6 Å². The summed E-state index contributed by atoms with van der Waals surface area (Å²) >= 11 is 5.81. The van der Waals surface area contributed by atoms with Crippen molar-refractivity contribution < 1.29 is 13.2 Å². The van der Waals surface area contributed by atoms with Gasteiger partial charge in [-0.1, -0.05) is 37.3 Å². The SMILES string of the molecule is CS(=O)(=O)N(CC(=O)Nc1ccc(Cl)cc1)C1CCCCCC1. The maximum atomic E-state index is 12.2. The minimum Gasteiger partial charge on any atom is -0.325 e. The van der Waals surface area contributed by atoms with E-state index in [1.165, 1.54) is 10.6 Å². The number of nitrogens with zero attached hydrogens (tertiary/aromatic N) is 1. The van der Waals surface area contributed by atoms with Gasteiger partial charge in [0.25, 0.3) is 0 Å². The number of anilines is 1. The van der Waals surface area contributed by atoms with E-state index in [-0.39, 0.29) is 18.5 Å². The van der Waals surface area contributed by atoms with E-state index in [0.29, 0.717) is 10.7 Å². The molecule has 0 bridgehead atoms. The highest BCUT2D eigenvalue weighted by Gasteiger charge is 2.29. The van der Waals surface area contributed by atoms with Gasteiger partial charge in [-0.25, -0.2) is 8.42 Å². The van der Waals surface area contributed by atoms with Crippen LogP contribution in [0.4, 0.5) is 5.69 Å². The van der Waals surface area contributed by atoms with Crippen molar-refractivity contribution in [1.29, 1.82) is 0 Å². The van der Waals surface area contributed by atoms with Gasteiger partial charge in [-0.2, -0.15) is 4.31 Å². The van der Waals surface area contributed by atoms with E-state index in [2.05, 4.69) is 5.32 Å². The Morgan fingerprint density at radius 3 is 2.26 bits per heavy atom. The third-order valence-electron chi connectivity index (χ3n) is 4.09. The van der Waals surface area contributed by atoms with E-state index in [1.807, 2.05) is 0 Å². The van der Waals surface area contributed by atoms with Gasteiger partial charge in [0, 0.05) is 16.8 Å². The number of carbonyl (C=O) groups is 1. The molecule has 1 saturated carbocycles. The van der Waals surface area contributed by atoms with E-state index in [1.54, 1.807) is 24.3 Å². The molecular formula is C16H23ClN2O3S. The van der Waals surface area contributed by atoms with Gasteiger partial charge in [-0.15, -0.1) is 0 Å². The number of hydrogen-bond donors (Lipinski definition) is 1. The zero-order valence-electron chi connectivity index (χ0n) is 13.3. The number of amides is 1. The zero-order valence-corrected chi connectivity index (χ0v) is 14.9. The Morgan fingerprint density at radius 2 is 1.74 bits per heavy atom. The molecule has 7 heteroatoms. The lowest BCUT2D eigenvalue weighted by Crippen LogP contribution is -2.44. The van der Waals surface area contributed by atoms with Crippen molar-refractivity contribution in [2.24, 2.45) is 0 Å². The van der Waals surface area contributed by atoms with Crippen molar-refractivity contribution in [3.8, 4) is 0 Å². The molecule has 1 fully saturated rings. The summed E-state index contributed by atoms with van der Waals surface area (Å²) in [5.41, 5.74) is 0.605. The number of halogens is 1. The summed E-state index contributed by atoms with van der Waals surface area (Å²) in [5.74, 6) is -0.331. The van der Waals surface area contributed by atoms with Gasteiger partial charge >= 0.3 is 0 Å². The molecule has 23 heavy (non-hydrogen) atoms. The number of sulfonamides is 1. The molecule has 1 aliphatic rings. The molecule has 5 nitrogen and oxygen atoms in total. The molecular weight excluding hydrogens is 336 g/mol. The van der Waals surface area contributed by atoms with E-state index in [0.717, 1.165) is 38.5 Å². The van der Waals surface area contributed by atoms with Crippen LogP contribution in [0, 0.1) is 0 Å². The predicted octanol–water partition coefficient (Wildman–Crippen LogP) is 3.26. The van der Waals surface area contributed by atoms with Crippen LogP contribution < -0.4 is 5.32 Å². The van der Waals surface area contributed by atoms with Crippen molar-refractivity contribution >= 4 is 33.2 Å². The lowest BCUT2D eigenvalue weighted by atomic mass is 10.1. The predicted molar refractivity (Wildman–Crippen MR) is 93.1 cm³/mol. The molecule has 1 N–H and O–H groups in total. The lowest BCUT2D eigenvalue weighted by molar-refractivity contribution is -0.116. The third kappa shape index (κ3) is 5.79. The smallest absolute Gasteiger partial charge is 0.239 e. The molecule has 0 unspecified atom stereocenters. The average Bonchev–Trinajstić information content (AvgIpc) is 2.75. The van der Waals surface area contributed by atoms with E-state index < -0.39 is 10.0 Å². The second kappa shape index (κ2) is 8.13. The minimum absolute atomic E-state index is 0.0801. The number of hydrogen-bond acceptors (Lipinski definition) is 3. The molecule has 0 saturated heterocycles. The summed E-state index contributed by atoms with van der Waals surface area (Å²) in [4.78, 5) is 12.2. The van der Waals surface area contributed by atoms with Crippen LogP contribution in [-0.4, -0.2) is 37.5 Å². The van der Waals surface area contributed by atoms with Crippen molar-refractivity contribution in [3.63, 3.8) is 0 Å². The lowest BCUT2D eigenvalue weighted by Gasteiger charge is -2.28. The molecule has 0 heterocycles. The maximum Gasteiger partial charge on any atom is 0.239 e. The Bertz CT molecular complexity index is 623. The van der Waals surface area contributed by atoms with E-state index in [9.17, 15) is 13.2 Å². The highest BCUT2D eigenvalue weighted by atomic mass is 35.5. The molecule has 1 aromatic rings. The first-order valence-corrected chi connectivity index (χ1v) is 10.1. The molecule has 128 valence electrons. The van der Waals surface area contributed by atoms with Gasteiger partial charge in [0.15, 0.2) is 0 Å². The highest BCUT2D eigenvalue weighted by molar-refractivity contribution is 7.88.